The first-order chi connectivity index (χ1) is 15.5. The zero-order valence-electron chi connectivity index (χ0n) is 18.2. The predicted octanol–water partition coefficient (Wildman–Crippen LogP) is 3.36. The van der Waals surface area contributed by atoms with Crippen LogP contribution in [0.5, 0.6) is 11.5 Å². The monoisotopic (exact) mass is 433 g/mol. The fourth-order valence-electron chi connectivity index (χ4n) is 4.45. The van der Waals surface area contributed by atoms with Gasteiger partial charge in [-0.15, -0.1) is 0 Å². The maximum absolute atomic E-state index is 13.4. The standard InChI is InChI=1S/C25H27N3O4/c1-25(20-8-9-21-22(16-20)32-15-5-14-31-21)23(29)28(24(30)26-25)17-27-12-10-19(11-13-27)18-6-3-2-4-7-18/h2-4,6-10,16H,5,11-15,17H2,1H3,(H,26,30)/t25-/m0/s1. The van der Waals surface area contributed by atoms with Crippen LogP contribution in [-0.2, 0) is 10.3 Å². The molecule has 0 radical (unpaired) electrons. The molecule has 3 heterocycles. The lowest BCUT2D eigenvalue weighted by molar-refractivity contribution is -0.132. The minimum Gasteiger partial charge on any atom is -0.490 e. The van der Waals surface area contributed by atoms with Crippen LogP contribution >= 0.6 is 0 Å². The molecular formula is C25H27N3O4. The van der Waals surface area contributed by atoms with E-state index >= 15 is 0 Å². The lowest BCUT2D eigenvalue weighted by Crippen LogP contribution is -2.44. The number of amides is 3. The number of benzene rings is 2. The molecular weight excluding hydrogens is 406 g/mol. The first-order valence-corrected chi connectivity index (χ1v) is 11.1. The fraction of sp³-hybridized carbons (Fsp3) is 0.360. The quantitative estimate of drug-likeness (QED) is 0.749. The summed E-state index contributed by atoms with van der Waals surface area (Å²) >= 11 is 0. The molecule has 1 N–H and O–H groups in total. The summed E-state index contributed by atoms with van der Waals surface area (Å²) in [5.74, 6) is 1.02. The van der Waals surface area contributed by atoms with Gasteiger partial charge in [0.15, 0.2) is 11.5 Å². The van der Waals surface area contributed by atoms with E-state index in [1.807, 2.05) is 30.3 Å². The third-order valence-electron chi connectivity index (χ3n) is 6.38. The second-order valence-electron chi connectivity index (χ2n) is 8.56. The van der Waals surface area contributed by atoms with Crippen molar-refractivity contribution in [1.29, 1.82) is 0 Å². The first kappa shape index (κ1) is 20.6. The van der Waals surface area contributed by atoms with Crippen molar-refractivity contribution in [2.45, 2.75) is 25.3 Å². The Morgan fingerprint density at radius 3 is 2.56 bits per heavy atom. The van der Waals surface area contributed by atoms with Crippen LogP contribution in [0, 0.1) is 0 Å². The van der Waals surface area contributed by atoms with Crippen molar-refractivity contribution in [3.63, 3.8) is 0 Å². The van der Waals surface area contributed by atoms with Crippen molar-refractivity contribution in [3.8, 4) is 11.5 Å². The van der Waals surface area contributed by atoms with Gasteiger partial charge in [-0.25, -0.2) is 9.69 Å². The van der Waals surface area contributed by atoms with E-state index in [0.29, 0.717) is 36.8 Å². The number of hydrogen-bond acceptors (Lipinski definition) is 5. The summed E-state index contributed by atoms with van der Waals surface area (Å²) < 4.78 is 11.5. The van der Waals surface area contributed by atoms with Crippen LogP contribution in [-0.4, -0.2) is 54.7 Å². The molecule has 7 heteroatoms. The Labute approximate surface area is 187 Å². The zero-order valence-corrected chi connectivity index (χ0v) is 18.2. The van der Waals surface area contributed by atoms with Crippen LogP contribution < -0.4 is 14.8 Å². The maximum atomic E-state index is 13.4. The Balaban J connectivity index is 1.30. The van der Waals surface area contributed by atoms with Gasteiger partial charge in [-0.1, -0.05) is 42.5 Å². The Morgan fingerprint density at radius 2 is 1.81 bits per heavy atom. The minimum absolute atomic E-state index is 0.255. The van der Waals surface area contributed by atoms with Gasteiger partial charge in [0.25, 0.3) is 5.91 Å². The molecule has 7 nitrogen and oxygen atoms in total. The van der Waals surface area contributed by atoms with E-state index in [-0.39, 0.29) is 18.6 Å². The molecule has 2 aromatic rings. The van der Waals surface area contributed by atoms with E-state index in [2.05, 4.69) is 28.4 Å². The highest BCUT2D eigenvalue weighted by atomic mass is 16.5. The third kappa shape index (κ3) is 3.73. The van der Waals surface area contributed by atoms with Crippen LogP contribution in [0.3, 0.4) is 0 Å². The van der Waals surface area contributed by atoms with Gasteiger partial charge in [0.05, 0.1) is 19.9 Å². The highest BCUT2D eigenvalue weighted by Gasteiger charge is 2.49. The highest BCUT2D eigenvalue weighted by Crippen LogP contribution is 2.36. The molecule has 3 aliphatic heterocycles. The van der Waals surface area contributed by atoms with E-state index in [0.717, 1.165) is 19.4 Å². The van der Waals surface area contributed by atoms with E-state index in [4.69, 9.17) is 9.47 Å². The summed E-state index contributed by atoms with van der Waals surface area (Å²) in [5.41, 5.74) is 2.08. The van der Waals surface area contributed by atoms with Gasteiger partial charge < -0.3 is 14.8 Å². The molecule has 166 valence electrons. The van der Waals surface area contributed by atoms with Crippen LogP contribution in [0.15, 0.2) is 54.6 Å². The van der Waals surface area contributed by atoms with Gasteiger partial charge >= 0.3 is 6.03 Å². The summed E-state index contributed by atoms with van der Waals surface area (Å²) in [4.78, 5) is 29.6. The molecule has 32 heavy (non-hydrogen) atoms. The topological polar surface area (TPSA) is 71.1 Å². The first-order valence-electron chi connectivity index (χ1n) is 11.1. The van der Waals surface area contributed by atoms with Crippen LogP contribution in [0.2, 0.25) is 0 Å². The number of ether oxygens (including phenoxy) is 2. The third-order valence-corrected chi connectivity index (χ3v) is 6.38. The molecule has 3 amide bonds. The van der Waals surface area contributed by atoms with Gasteiger partial charge in [-0.05, 0) is 42.2 Å². The molecule has 5 rings (SSSR count). The van der Waals surface area contributed by atoms with Gasteiger partial charge in [0, 0.05) is 19.5 Å². The summed E-state index contributed by atoms with van der Waals surface area (Å²) in [7, 11) is 0. The smallest absolute Gasteiger partial charge is 0.326 e. The summed E-state index contributed by atoms with van der Waals surface area (Å²) in [6.45, 7) is 4.66. The Kier molecular flexibility index (Phi) is 5.35. The molecule has 0 spiro atoms. The number of imide groups is 1. The van der Waals surface area contributed by atoms with E-state index in [1.54, 1.807) is 13.0 Å². The number of carbonyl (C=O) groups is 2. The van der Waals surface area contributed by atoms with Crippen molar-refractivity contribution in [2.24, 2.45) is 0 Å². The predicted molar refractivity (Wildman–Crippen MR) is 120 cm³/mol. The lowest BCUT2D eigenvalue weighted by Gasteiger charge is -2.30. The van der Waals surface area contributed by atoms with E-state index in [1.165, 1.54) is 16.0 Å². The van der Waals surface area contributed by atoms with Gasteiger partial charge in [0.2, 0.25) is 0 Å². The van der Waals surface area contributed by atoms with Crippen molar-refractivity contribution in [1.82, 2.24) is 15.1 Å². The number of nitrogens with one attached hydrogen (secondary N) is 1. The maximum Gasteiger partial charge on any atom is 0.326 e. The highest BCUT2D eigenvalue weighted by molar-refractivity contribution is 6.07. The van der Waals surface area contributed by atoms with E-state index in [9.17, 15) is 9.59 Å². The van der Waals surface area contributed by atoms with Crippen molar-refractivity contribution >= 4 is 17.5 Å². The van der Waals surface area contributed by atoms with Crippen LogP contribution in [0.25, 0.3) is 5.57 Å². The number of urea groups is 1. The normalized spacial score (nSPS) is 23.5. The molecule has 1 fully saturated rings. The minimum atomic E-state index is -1.14. The fourth-order valence-corrected chi connectivity index (χ4v) is 4.45. The summed E-state index contributed by atoms with van der Waals surface area (Å²) in [6.07, 6.45) is 3.87. The van der Waals surface area contributed by atoms with Crippen molar-refractivity contribution in [3.05, 3.63) is 65.7 Å². The van der Waals surface area contributed by atoms with Gasteiger partial charge in [-0.2, -0.15) is 0 Å². The average molecular weight is 434 g/mol. The molecule has 0 unspecified atom stereocenters. The number of rotatable bonds is 4. The molecule has 0 bridgehead atoms. The van der Waals surface area contributed by atoms with Gasteiger partial charge in [-0.3, -0.25) is 9.69 Å². The molecule has 3 aliphatic rings. The average Bonchev–Trinajstić information content (AvgIpc) is 2.98. The second-order valence-corrected chi connectivity index (χ2v) is 8.56. The summed E-state index contributed by atoms with van der Waals surface area (Å²) in [5, 5.41) is 2.89. The Hall–Kier alpha value is -3.32. The molecule has 0 saturated carbocycles. The number of fused-ring (bicyclic) bond motifs is 1. The molecule has 1 atom stereocenters. The van der Waals surface area contributed by atoms with Crippen molar-refractivity contribution in [2.75, 3.05) is 33.0 Å². The van der Waals surface area contributed by atoms with E-state index < -0.39 is 5.54 Å². The number of hydrogen-bond donors (Lipinski definition) is 1. The Morgan fingerprint density at radius 1 is 1.03 bits per heavy atom. The van der Waals surface area contributed by atoms with Gasteiger partial charge in [0.1, 0.15) is 5.54 Å². The van der Waals surface area contributed by atoms with Crippen LogP contribution in [0.4, 0.5) is 4.79 Å². The van der Waals surface area contributed by atoms with Crippen LogP contribution in [0.1, 0.15) is 30.9 Å². The van der Waals surface area contributed by atoms with Crippen molar-refractivity contribution < 1.29 is 19.1 Å². The number of carbonyl (C=O) groups excluding carboxylic acids is 2. The molecule has 2 aromatic carbocycles. The summed E-state index contributed by atoms with van der Waals surface area (Å²) in [6, 6.07) is 15.4. The Bertz CT molecular complexity index is 1070. The lowest BCUT2D eigenvalue weighted by atomic mass is 9.91. The second kappa shape index (κ2) is 8.31. The zero-order chi connectivity index (χ0) is 22.1. The SMILES string of the molecule is C[C@@]1(c2ccc3c(c2)OCCCO3)NC(=O)N(CN2CC=C(c3ccccc3)CC2)C1=O. The molecule has 0 aliphatic carbocycles. The molecule has 0 aromatic heterocycles. The largest absolute Gasteiger partial charge is 0.490 e. The number of nitrogens with zero attached hydrogens (tertiary/aromatic N) is 2. The molecule has 1 saturated heterocycles.